The van der Waals surface area contributed by atoms with Crippen LogP contribution in [0.4, 0.5) is 0 Å². The summed E-state index contributed by atoms with van der Waals surface area (Å²) in [5.74, 6) is 2.38. The lowest BCUT2D eigenvalue weighted by Gasteiger charge is -2.18. The molecule has 5 heteroatoms. The predicted molar refractivity (Wildman–Crippen MR) is 95.4 cm³/mol. The first kappa shape index (κ1) is 16.2. The van der Waals surface area contributed by atoms with E-state index in [0.717, 1.165) is 29.6 Å². The first-order valence-electron chi connectivity index (χ1n) is 8.24. The zero-order chi connectivity index (χ0) is 16.8. The maximum absolute atomic E-state index is 5.41. The van der Waals surface area contributed by atoms with Gasteiger partial charge in [-0.05, 0) is 37.1 Å². The Labute approximate surface area is 142 Å². The highest BCUT2D eigenvalue weighted by Gasteiger charge is 2.13. The Morgan fingerprint density at radius 3 is 2.71 bits per heavy atom. The maximum atomic E-state index is 5.41. The Morgan fingerprint density at radius 2 is 1.92 bits per heavy atom. The van der Waals surface area contributed by atoms with Crippen LogP contribution in [0.3, 0.4) is 0 Å². The van der Waals surface area contributed by atoms with Crippen molar-refractivity contribution in [1.82, 2.24) is 10.6 Å². The second kappa shape index (κ2) is 7.73. The molecule has 1 aliphatic heterocycles. The van der Waals surface area contributed by atoms with E-state index in [0.29, 0.717) is 13.3 Å². The van der Waals surface area contributed by atoms with Crippen molar-refractivity contribution < 1.29 is 9.47 Å². The van der Waals surface area contributed by atoms with E-state index in [1.807, 2.05) is 36.4 Å². The normalized spacial score (nSPS) is 14.3. The molecule has 0 fully saturated rings. The molecule has 24 heavy (non-hydrogen) atoms. The van der Waals surface area contributed by atoms with Crippen LogP contribution in [0, 0.1) is 0 Å². The Balaban J connectivity index is 1.67. The van der Waals surface area contributed by atoms with Crippen molar-refractivity contribution in [2.45, 2.75) is 26.4 Å². The lowest BCUT2D eigenvalue weighted by Crippen LogP contribution is -2.38. The van der Waals surface area contributed by atoms with Crippen LogP contribution in [0.15, 0.2) is 53.5 Å². The summed E-state index contributed by atoms with van der Waals surface area (Å²) >= 11 is 0. The highest BCUT2D eigenvalue weighted by atomic mass is 16.7. The topological polar surface area (TPSA) is 54.9 Å². The largest absolute Gasteiger partial charge is 0.454 e. The molecule has 1 atom stereocenters. The number of nitrogens with zero attached hydrogens (tertiary/aromatic N) is 1. The zero-order valence-corrected chi connectivity index (χ0v) is 14.1. The van der Waals surface area contributed by atoms with E-state index in [1.165, 1.54) is 5.56 Å². The Kier molecular flexibility index (Phi) is 5.21. The van der Waals surface area contributed by atoms with Crippen molar-refractivity contribution in [3.63, 3.8) is 0 Å². The number of hydrogen-bond donors (Lipinski definition) is 2. The van der Waals surface area contributed by atoms with E-state index < -0.39 is 0 Å². The monoisotopic (exact) mass is 325 g/mol. The summed E-state index contributed by atoms with van der Waals surface area (Å²) < 4.78 is 10.8. The van der Waals surface area contributed by atoms with Gasteiger partial charge in [-0.3, -0.25) is 0 Å². The molecule has 0 aliphatic carbocycles. The Hall–Kier alpha value is -2.69. The minimum atomic E-state index is 0.181. The number of benzene rings is 2. The minimum Gasteiger partial charge on any atom is -0.454 e. The fraction of sp³-hybridized carbons (Fsp3) is 0.316. The van der Waals surface area contributed by atoms with Crippen LogP contribution in [-0.2, 0) is 6.54 Å². The number of nitrogens with one attached hydrogen (secondary N) is 2. The molecule has 0 saturated heterocycles. The van der Waals surface area contributed by atoms with Gasteiger partial charge >= 0.3 is 0 Å². The first-order valence-corrected chi connectivity index (χ1v) is 8.24. The predicted octanol–water partition coefficient (Wildman–Crippen LogP) is 3.23. The van der Waals surface area contributed by atoms with Crippen LogP contribution in [0.2, 0.25) is 0 Å². The van der Waals surface area contributed by atoms with Gasteiger partial charge in [-0.25, -0.2) is 4.99 Å². The summed E-state index contributed by atoms with van der Waals surface area (Å²) in [6.07, 6.45) is 0. The van der Waals surface area contributed by atoms with Crippen molar-refractivity contribution >= 4 is 5.96 Å². The van der Waals surface area contributed by atoms with Crippen molar-refractivity contribution in [3.8, 4) is 11.5 Å². The SMILES string of the molecule is CCNC(=NCc1ccc2c(c1)OCO2)NC(C)c1ccccc1. The van der Waals surface area contributed by atoms with E-state index >= 15 is 0 Å². The smallest absolute Gasteiger partial charge is 0.231 e. The molecule has 1 heterocycles. The van der Waals surface area contributed by atoms with Gasteiger partial charge in [-0.1, -0.05) is 36.4 Å². The Bertz CT molecular complexity index is 701. The molecule has 2 N–H and O–H groups in total. The van der Waals surface area contributed by atoms with Gasteiger partial charge in [-0.15, -0.1) is 0 Å². The van der Waals surface area contributed by atoms with Crippen LogP contribution >= 0.6 is 0 Å². The molecule has 2 aromatic rings. The van der Waals surface area contributed by atoms with Crippen LogP contribution < -0.4 is 20.1 Å². The Morgan fingerprint density at radius 1 is 1.12 bits per heavy atom. The van der Waals surface area contributed by atoms with Gasteiger partial charge in [0.15, 0.2) is 17.5 Å². The molecule has 0 saturated carbocycles. The molecular weight excluding hydrogens is 302 g/mol. The third-order valence-electron chi connectivity index (χ3n) is 3.85. The minimum absolute atomic E-state index is 0.181. The summed E-state index contributed by atoms with van der Waals surface area (Å²) in [6, 6.07) is 16.4. The van der Waals surface area contributed by atoms with Crippen molar-refractivity contribution in [1.29, 1.82) is 0 Å². The van der Waals surface area contributed by atoms with Crippen molar-refractivity contribution in [2.24, 2.45) is 4.99 Å². The fourth-order valence-electron chi connectivity index (χ4n) is 2.56. The lowest BCUT2D eigenvalue weighted by atomic mass is 10.1. The lowest BCUT2D eigenvalue weighted by molar-refractivity contribution is 0.174. The summed E-state index contributed by atoms with van der Waals surface area (Å²) in [5.41, 5.74) is 2.31. The maximum Gasteiger partial charge on any atom is 0.231 e. The van der Waals surface area contributed by atoms with Crippen molar-refractivity contribution in [2.75, 3.05) is 13.3 Å². The molecule has 5 nitrogen and oxygen atoms in total. The van der Waals surface area contributed by atoms with Gasteiger partial charge in [0.25, 0.3) is 0 Å². The third kappa shape index (κ3) is 3.98. The second-order valence-corrected chi connectivity index (χ2v) is 5.66. The molecule has 2 aromatic carbocycles. The number of fused-ring (bicyclic) bond motifs is 1. The number of aliphatic imine (C=N–C) groups is 1. The molecule has 0 spiro atoms. The summed E-state index contributed by atoms with van der Waals surface area (Å²) in [4.78, 5) is 4.67. The van der Waals surface area contributed by atoms with E-state index in [-0.39, 0.29) is 6.04 Å². The van der Waals surface area contributed by atoms with Crippen LogP contribution in [0.1, 0.15) is 31.0 Å². The molecule has 1 aliphatic rings. The quantitative estimate of drug-likeness (QED) is 0.654. The van der Waals surface area contributed by atoms with Gasteiger partial charge < -0.3 is 20.1 Å². The van der Waals surface area contributed by atoms with Crippen LogP contribution in [0.5, 0.6) is 11.5 Å². The molecule has 0 bridgehead atoms. The highest BCUT2D eigenvalue weighted by Crippen LogP contribution is 2.32. The van der Waals surface area contributed by atoms with E-state index in [2.05, 4.69) is 41.6 Å². The van der Waals surface area contributed by atoms with Gasteiger partial charge in [0.05, 0.1) is 12.6 Å². The average molecular weight is 325 g/mol. The molecule has 0 amide bonds. The summed E-state index contributed by atoms with van der Waals surface area (Å²) in [5, 5.41) is 6.73. The molecule has 1 unspecified atom stereocenters. The third-order valence-corrected chi connectivity index (χ3v) is 3.85. The number of rotatable bonds is 5. The number of hydrogen-bond acceptors (Lipinski definition) is 3. The molecule has 126 valence electrons. The van der Waals surface area contributed by atoms with E-state index in [9.17, 15) is 0 Å². The first-order chi connectivity index (χ1) is 11.8. The van der Waals surface area contributed by atoms with Gasteiger partial charge in [-0.2, -0.15) is 0 Å². The van der Waals surface area contributed by atoms with Gasteiger partial charge in [0.2, 0.25) is 6.79 Å². The van der Waals surface area contributed by atoms with Crippen molar-refractivity contribution in [3.05, 3.63) is 59.7 Å². The average Bonchev–Trinajstić information content (AvgIpc) is 3.08. The van der Waals surface area contributed by atoms with E-state index in [4.69, 9.17) is 9.47 Å². The summed E-state index contributed by atoms with van der Waals surface area (Å²) in [6.45, 7) is 5.87. The van der Waals surface area contributed by atoms with Gasteiger partial charge in [0.1, 0.15) is 0 Å². The molecule has 0 radical (unpaired) electrons. The fourth-order valence-corrected chi connectivity index (χ4v) is 2.56. The van der Waals surface area contributed by atoms with E-state index in [1.54, 1.807) is 0 Å². The standard InChI is InChI=1S/C19H23N3O2/c1-3-20-19(22-14(2)16-7-5-4-6-8-16)21-12-15-9-10-17-18(11-15)24-13-23-17/h4-11,14H,3,12-13H2,1-2H3,(H2,20,21,22). The molecular formula is C19H23N3O2. The second-order valence-electron chi connectivity index (χ2n) is 5.66. The molecule has 0 aromatic heterocycles. The number of guanidine groups is 1. The zero-order valence-electron chi connectivity index (χ0n) is 14.1. The number of ether oxygens (including phenoxy) is 2. The highest BCUT2D eigenvalue weighted by molar-refractivity contribution is 5.80. The van der Waals surface area contributed by atoms with Crippen LogP contribution in [0.25, 0.3) is 0 Å². The molecule has 3 rings (SSSR count). The van der Waals surface area contributed by atoms with Crippen LogP contribution in [-0.4, -0.2) is 19.3 Å². The summed E-state index contributed by atoms with van der Waals surface area (Å²) in [7, 11) is 0. The van der Waals surface area contributed by atoms with Gasteiger partial charge in [0, 0.05) is 6.54 Å².